The van der Waals surface area contributed by atoms with E-state index in [0.29, 0.717) is 23.6 Å². The summed E-state index contributed by atoms with van der Waals surface area (Å²) in [5, 5.41) is 18.6. The van der Waals surface area contributed by atoms with E-state index in [2.05, 4.69) is 10.4 Å². The number of nitro groups is 1. The third kappa shape index (κ3) is 4.97. The molecule has 0 spiro atoms. The highest BCUT2D eigenvalue weighted by Gasteiger charge is 2.19. The van der Waals surface area contributed by atoms with Gasteiger partial charge in [-0.2, -0.15) is 5.10 Å². The lowest BCUT2D eigenvalue weighted by Crippen LogP contribution is -3.13. The molecule has 0 saturated carbocycles. The highest BCUT2D eigenvalue weighted by Crippen LogP contribution is 2.23. The lowest BCUT2D eigenvalue weighted by molar-refractivity contribution is -0.903. The van der Waals surface area contributed by atoms with Crippen molar-refractivity contribution >= 4 is 11.6 Å². The average molecular weight is 420 g/mol. The summed E-state index contributed by atoms with van der Waals surface area (Å²) in [6.07, 6.45) is 3.79. The number of quaternary nitrogens is 1. The van der Waals surface area contributed by atoms with Crippen LogP contribution in [0, 0.1) is 10.1 Å². The summed E-state index contributed by atoms with van der Waals surface area (Å²) < 4.78 is 1.55. The molecule has 2 heterocycles. The van der Waals surface area contributed by atoms with E-state index in [4.69, 9.17) is 0 Å². The minimum atomic E-state index is -0.446. The van der Waals surface area contributed by atoms with Crippen molar-refractivity contribution in [2.24, 2.45) is 0 Å². The lowest BCUT2D eigenvalue weighted by Gasteiger charge is -2.23. The van der Waals surface area contributed by atoms with Gasteiger partial charge < -0.3 is 10.2 Å². The molecule has 0 bridgehead atoms. The summed E-state index contributed by atoms with van der Waals surface area (Å²) in [4.78, 5) is 25.1. The molecule has 0 radical (unpaired) electrons. The Bertz CT molecular complexity index is 1040. The van der Waals surface area contributed by atoms with Crippen LogP contribution in [0.25, 0.3) is 16.9 Å². The Kier molecular flexibility index (Phi) is 6.37. The average Bonchev–Trinajstić information content (AvgIpc) is 3.26. The second-order valence-corrected chi connectivity index (χ2v) is 7.78. The molecule has 1 amide bonds. The van der Waals surface area contributed by atoms with Crippen LogP contribution in [0.4, 0.5) is 5.69 Å². The van der Waals surface area contributed by atoms with Crippen LogP contribution in [-0.2, 0) is 0 Å². The largest absolute Gasteiger partial charge is 0.345 e. The van der Waals surface area contributed by atoms with E-state index in [1.54, 1.807) is 22.9 Å². The first-order valence-electron chi connectivity index (χ1n) is 10.6. The van der Waals surface area contributed by atoms with Gasteiger partial charge in [0.1, 0.15) is 5.69 Å². The summed E-state index contributed by atoms with van der Waals surface area (Å²) in [7, 11) is 0. The SMILES string of the molecule is O=C(NCC[NH+]1CCCCC1)c1cc(-c2ccccc2)nn1-c1ccc([N+](=O)[O-])cc1. The zero-order valence-electron chi connectivity index (χ0n) is 17.3. The minimum Gasteiger partial charge on any atom is -0.345 e. The molecule has 8 heteroatoms. The van der Waals surface area contributed by atoms with Gasteiger partial charge >= 0.3 is 0 Å². The van der Waals surface area contributed by atoms with Gasteiger partial charge in [-0.3, -0.25) is 14.9 Å². The van der Waals surface area contributed by atoms with Crippen molar-refractivity contribution in [3.8, 4) is 16.9 Å². The van der Waals surface area contributed by atoms with Gasteiger partial charge in [-0.05, 0) is 37.5 Å². The number of amides is 1. The van der Waals surface area contributed by atoms with Crippen molar-refractivity contribution < 1.29 is 14.6 Å². The number of non-ortho nitro benzene ring substituents is 1. The number of aromatic nitrogens is 2. The van der Waals surface area contributed by atoms with E-state index < -0.39 is 4.92 Å². The molecule has 0 unspecified atom stereocenters. The number of rotatable bonds is 7. The highest BCUT2D eigenvalue weighted by atomic mass is 16.6. The van der Waals surface area contributed by atoms with Gasteiger partial charge in [-0.25, -0.2) is 4.68 Å². The molecule has 2 aromatic carbocycles. The Balaban J connectivity index is 1.57. The molecule has 0 atom stereocenters. The first-order valence-corrected chi connectivity index (χ1v) is 10.6. The van der Waals surface area contributed by atoms with E-state index in [9.17, 15) is 14.9 Å². The quantitative estimate of drug-likeness (QED) is 0.453. The van der Waals surface area contributed by atoms with Crippen molar-refractivity contribution in [2.75, 3.05) is 26.2 Å². The first-order chi connectivity index (χ1) is 15.1. The third-order valence-electron chi connectivity index (χ3n) is 5.64. The number of carbonyl (C=O) groups is 1. The Labute approximate surface area is 180 Å². The van der Waals surface area contributed by atoms with Gasteiger partial charge in [0.05, 0.1) is 42.5 Å². The Morgan fingerprint density at radius 1 is 1.06 bits per heavy atom. The van der Waals surface area contributed by atoms with E-state index in [1.807, 2.05) is 30.3 Å². The monoisotopic (exact) mass is 420 g/mol. The van der Waals surface area contributed by atoms with Crippen LogP contribution in [0.15, 0.2) is 60.7 Å². The van der Waals surface area contributed by atoms with Gasteiger partial charge in [-0.15, -0.1) is 0 Å². The minimum absolute atomic E-state index is 0.00491. The second-order valence-electron chi connectivity index (χ2n) is 7.78. The van der Waals surface area contributed by atoms with E-state index in [0.717, 1.165) is 25.2 Å². The zero-order valence-corrected chi connectivity index (χ0v) is 17.3. The molecule has 4 rings (SSSR count). The van der Waals surface area contributed by atoms with Crippen molar-refractivity contribution in [1.29, 1.82) is 0 Å². The molecule has 1 aliphatic rings. The lowest BCUT2D eigenvalue weighted by atomic mass is 10.1. The maximum absolute atomic E-state index is 13.0. The molecular formula is C23H26N5O3+. The van der Waals surface area contributed by atoms with Crippen molar-refractivity contribution in [3.05, 3.63) is 76.5 Å². The fraction of sp³-hybridized carbons (Fsp3) is 0.304. The number of nitro benzene ring substituents is 1. The Morgan fingerprint density at radius 3 is 2.45 bits per heavy atom. The Hall–Kier alpha value is -3.52. The second kappa shape index (κ2) is 9.53. The fourth-order valence-electron chi connectivity index (χ4n) is 3.95. The molecule has 1 saturated heterocycles. The molecular weight excluding hydrogens is 394 g/mol. The van der Waals surface area contributed by atoms with Gasteiger partial charge in [0.2, 0.25) is 0 Å². The van der Waals surface area contributed by atoms with Gasteiger partial charge in [-0.1, -0.05) is 30.3 Å². The molecule has 160 valence electrons. The van der Waals surface area contributed by atoms with Crippen LogP contribution in [0.2, 0.25) is 0 Å². The smallest absolute Gasteiger partial charge is 0.270 e. The number of hydrogen-bond donors (Lipinski definition) is 2. The highest BCUT2D eigenvalue weighted by molar-refractivity contribution is 5.94. The van der Waals surface area contributed by atoms with E-state index >= 15 is 0 Å². The number of likely N-dealkylation sites (tertiary alicyclic amines) is 1. The number of nitrogens with one attached hydrogen (secondary N) is 2. The molecule has 0 aliphatic carbocycles. The van der Waals surface area contributed by atoms with Crippen LogP contribution >= 0.6 is 0 Å². The molecule has 2 N–H and O–H groups in total. The molecule has 1 aliphatic heterocycles. The van der Waals surface area contributed by atoms with Gasteiger partial charge in [0.15, 0.2) is 0 Å². The normalized spacial score (nSPS) is 14.3. The maximum Gasteiger partial charge on any atom is 0.270 e. The van der Waals surface area contributed by atoms with Gasteiger partial charge in [0, 0.05) is 17.7 Å². The van der Waals surface area contributed by atoms with Gasteiger partial charge in [0.25, 0.3) is 11.6 Å². The summed E-state index contributed by atoms with van der Waals surface area (Å²) in [5.74, 6) is -0.204. The fourth-order valence-corrected chi connectivity index (χ4v) is 3.95. The number of hydrogen-bond acceptors (Lipinski definition) is 4. The number of benzene rings is 2. The number of nitrogens with zero attached hydrogens (tertiary/aromatic N) is 3. The van der Waals surface area contributed by atoms with Crippen LogP contribution in [0.3, 0.4) is 0 Å². The predicted octanol–water partition coefficient (Wildman–Crippen LogP) is 2.25. The summed E-state index contributed by atoms with van der Waals surface area (Å²) >= 11 is 0. The van der Waals surface area contributed by atoms with Crippen LogP contribution in [0.5, 0.6) is 0 Å². The third-order valence-corrected chi connectivity index (χ3v) is 5.64. The van der Waals surface area contributed by atoms with Crippen molar-refractivity contribution in [3.63, 3.8) is 0 Å². The molecule has 1 fully saturated rings. The maximum atomic E-state index is 13.0. The molecule has 8 nitrogen and oxygen atoms in total. The van der Waals surface area contributed by atoms with Crippen LogP contribution < -0.4 is 10.2 Å². The zero-order chi connectivity index (χ0) is 21.6. The topological polar surface area (TPSA) is 94.5 Å². The molecule has 1 aromatic heterocycles. The summed E-state index contributed by atoms with van der Waals surface area (Å²) in [5.41, 5.74) is 2.57. The number of piperidine rings is 1. The summed E-state index contributed by atoms with van der Waals surface area (Å²) in [6.45, 7) is 3.83. The van der Waals surface area contributed by atoms with Crippen LogP contribution in [0.1, 0.15) is 29.8 Å². The van der Waals surface area contributed by atoms with E-state index in [-0.39, 0.29) is 11.6 Å². The molecule has 31 heavy (non-hydrogen) atoms. The Morgan fingerprint density at radius 2 is 1.77 bits per heavy atom. The molecule has 3 aromatic rings. The van der Waals surface area contributed by atoms with Crippen molar-refractivity contribution in [1.82, 2.24) is 15.1 Å². The van der Waals surface area contributed by atoms with Crippen LogP contribution in [-0.4, -0.2) is 46.8 Å². The number of carbonyl (C=O) groups excluding carboxylic acids is 1. The van der Waals surface area contributed by atoms with E-state index in [1.165, 1.54) is 36.3 Å². The predicted molar refractivity (Wildman–Crippen MR) is 117 cm³/mol. The first kappa shape index (κ1) is 20.7. The standard InChI is InChI=1S/C23H25N5O3/c29-23(24-13-16-26-14-5-2-6-15-26)22-17-21(18-7-3-1-4-8-18)25-27(22)19-9-11-20(12-10-19)28(30)31/h1,3-4,7-12,17H,2,5-6,13-16H2,(H,24,29)/p+1. The summed E-state index contributed by atoms with van der Waals surface area (Å²) in [6, 6.07) is 17.4. The van der Waals surface area contributed by atoms with Crippen molar-refractivity contribution in [2.45, 2.75) is 19.3 Å².